The lowest BCUT2D eigenvalue weighted by Gasteiger charge is -2.16. The second kappa shape index (κ2) is 6.45. The lowest BCUT2D eigenvalue weighted by Crippen LogP contribution is -2.29. The molecule has 1 N–H and O–H groups in total. The Hall–Kier alpha value is -2.31. The van der Waals surface area contributed by atoms with Crippen LogP contribution in [0.2, 0.25) is 0 Å². The first-order chi connectivity index (χ1) is 12.8. The molecule has 0 unspecified atom stereocenters. The standard InChI is InChI=1S/C19H24N6O/c26-17(6-1-12-7-20-11-21-8-12)25-9-15(13-2-3-13)16(10-25)19-22-18(23-24-19)14-4-5-14/h7-8,11,13-16H,1-6,9-10H2,(H,22,23,24)/t15-,16+/m1/s1. The average molecular weight is 352 g/mol. The van der Waals surface area contributed by atoms with Gasteiger partial charge in [-0.05, 0) is 49.5 Å². The Kier molecular flexibility index (Phi) is 3.94. The minimum atomic E-state index is 0.226. The van der Waals surface area contributed by atoms with Crippen molar-refractivity contribution in [2.45, 2.75) is 50.4 Å². The van der Waals surface area contributed by atoms with Crippen molar-refractivity contribution in [3.63, 3.8) is 0 Å². The minimum absolute atomic E-state index is 0.226. The summed E-state index contributed by atoms with van der Waals surface area (Å²) >= 11 is 0. The monoisotopic (exact) mass is 352 g/mol. The van der Waals surface area contributed by atoms with Crippen LogP contribution in [-0.4, -0.2) is 49.0 Å². The van der Waals surface area contributed by atoms with Gasteiger partial charge in [0.25, 0.3) is 0 Å². The summed E-state index contributed by atoms with van der Waals surface area (Å²) in [6, 6.07) is 0. The number of amides is 1. The molecule has 136 valence electrons. The van der Waals surface area contributed by atoms with Crippen LogP contribution in [0.3, 0.4) is 0 Å². The zero-order chi connectivity index (χ0) is 17.5. The molecule has 3 aliphatic rings. The predicted octanol–water partition coefficient (Wildman–Crippen LogP) is 2.06. The van der Waals surface area contributed by atoms with Gasteiger partial charge in [0, 0.05) is 43.7 Å². The lowest BCUT2D eigenvalue weighted by atomic mass is 9.91. The van der Waals surface area contributed by atoms with E-state index in [4.69, 9.17) is 4.98 Å². The summed E-state index contributed by atoms with van der Waals surface area (Å²) < 4.78 is 0. The van der Waals surface area contributed by atoms with Crippen LogP contribution < -0.4 is 0 Å². The van der Waals surface area contributed by atoms with Crippen molar-refractivity contribution in [3.8, 4) is 0 Å². The molecular formula is C19H24N6O. The number of rotatable bonds is 6. The number of aromatic nitrogens is 5. The number of aryl methyl sites for hydroxylation is 1. The molecule has 0 bridgehead atoms. The van der Waals surface area contributed by atoms with Gasteiger partial charge >= 0.3 is 0 Å². The Labute approximate surface area is 152 Å². The Bertz CT molecular complexity index is 782. The van der Waals surface area contributed by atoms with Gasteiger partial charge in [-0.3, -0.25) is 9.89 Å². The van der Waals surface area contributed by atoms with Crippen molar-refractivity contribution >= 4 is 5.91 Å². The molecule has 2 aliphatic carbocycles. The highest BCUT2D eigenvalue weighted by atomic mass is 16.2. The lowest BCUT2D eigenvalue weighted by molar-refractivity contribution is -0.130. The fourth-order valence-electron chi connectivity index (χ4n) is 4.17. The van der Waals surface area contributed by atoms with Gasteiger partial charge in [0.05, 0.1) is 0 Å². The highest BCUT2D eigenvalue weighted by Crippen LogP contribution is 2.47. The number of aromatic amines is 1. The van der Waals surface area contributed by atoms with Crippen LogP contribution >= 0.6 is 0 Å². The third-order valence-corrected chi connectivity index (χ3v) is 6.00. The molecule has 2 aromatic rings. The highest BCUT2D eigenvalue weighted by molar-refractivity contribution is 5.77. The Morgan fingerprint density at radius 3 is 2.69 bits per heavy atom. The van der Waals surface area contributed by atoms with Gasteiger partial charge in [0.2, 0.25) is 5.91 Å². The second-order valence-electron chi connectivity index (χ2n) is 8.01. The molecule has 2 aromatic heterocycles. The summed E-state index contributed by atoms with van der Waals surface area (Å²) in [6.45, 7) is 1.63. The number of carbonyl (C=O) groups excluding carboxylic acids is 1. The minimum Gasteiger partial charge on any atom is -0.342 e. The summed E-state index contributed by atoms with van der Waals surface area (Å²) in [7, 11) is 0. The van der Waals surface area contributed by atoms with Crippen molar-refractivity contribution in [2.75, 3.05) is 13.1 Å². The van der Waals surface area contributed by atoms with Gasteiger partial charge < -0.3 is 4.90 Å². The van der Waals surface area contributed by atoms with Crippen LogP contribution in [-0.2, 0) is 11.2 Å². The number of likely N-dealkylation sites (tertiary alicyclic amines) is 1. The van der Waals surface area contributed by atoms with Crippen LogP contribution in [0, 0.1) is 11.8 Å². The van der Waals surface area contributed by atoms with E-state index < -0.39 is 0 Å². The molecule has 1 saturated heterocycles. The van der Waals surface area contributed by atoms with Gasteiger partial charge in [0.1, 0.15) is 12.2 Å². The van der Waals surface area contributed by atoms with Crippen molar-refractivity contribution in [1.29, 1.82) is 0 Å². The second-order valence-corrected chi connectivity index (χ2v) is 8.01. The average Bonchev–Trinajstić information content (AvgIpc) is 3.61. The molecule has 7 nitrogen and oxygen atoms in total. The number of carbonyl (C=O) groups is 1. The summed E-state index contributed by atoms with van der Waals surface area (Å²) in [4.78, 5) is 27.6. The maximum Gasteiger partial charge on any atom is 0.222 e. The molecule has 3 fully saturated rings. The van der Waals surface area contributed by atoms with Crippen molar-refractivity contribution < 1.29 is 4.79 Å². The van der Waals surface area contributed by atoms with E-state index in [9.17, 15) is 4.79 Å². The molecule has 7 heteroatoms. The van der Waals surface area contributed by atoms with Crippen LogP contribution in [0.25, 0.3) is 0 Å². The van der Waals surface area contributed by atoms with Crippen LogP contribution in [0.1, 0.15) is 61.2 Å². The summed E-state index contributed by atoms with van der Waals surface area (Å²) in [6.07, 6.45) is 11.3. The fourth-order valence-corrected chi connectivity index (χ4v) is 4.17. The number of hydrogen-bond acceptors (Lipinski definition) is 5. The maximum absolute atomic E-state index is 12.7. The van der Waals surface area contributed by atoms with E-state index in [2.05, 4.69) is 20.2 Å². The van der Waals surface area contributed by atoms with E-state index in [1.165, 1.54) is 32.0 Å². The zero-order valence-corrected chi connectivity index (χ0v) is 14.8. The van der Waals surface area contributed by atoms with Gasteiger partial charge in [0.15, 0.2) is 5.82 Å². The fraction of sp³-hybridized carbons (Fsp3) is 0.632. The summed E-state index contributed by atoms with van der Waals surface area (Å²) in [5.74, 6) is 4.34. The SMILES string of the molecule is O=C(CCc1cncnc1)N1C[C@H](c2nc(C3CC3)n[nH]2)[C@@H](C2CC2)C1. The molecule has 1 aliphatic heterocycles. The van der Waals surface area contributed by atoms with E-state index in [0.717, 1.165) is 36.2 Å². The number of hydrogen-bond donors (Lipinski definition) is 1. The van der Waals surface area contributed by atoms with E-state index in [0.29, 0.717) is 30.6 Å². The Balaban J connectivity index is 1.26. The molecular weight excluding hydrogens is 328 g/mol. The molecule has 1 amide bonds. The topological polar surface area (TPSA) is 87.7 Å². The van der Waals surface area contributed by atoms with E-state index >= 15 is 0 Å². The summed E-state index contributed by atoms with van der Waals surface area (Å²) in [5.41, 5.74) is 1.01. The van der Waals surface area contributed by atoms with Crippen LogP contribution in [0.5, 0.6) is 0 Å². The normalized spacial score (nSPS) is 25.6. The molecule has 26 heavy (non-hydrogen) atoms. The number of nitrogens with zero attached hydrogens (tertiary/aromatic N) is 5. The molecule has 0 aromatic carbocycles. The smallest absolute Gasteiger partial charge is 0.222 e. The number of H-pyrrole nitrogens is 1. The first kappa shape index (κ1) is 15.9. The van der Waals surface area contributed by atoms with E-state index in [-0.39, 0.29) is 5.91 Å². The molecule has 0 radical (unpaired) electrons. The zero-order valence-electron chi connectivity index (χ0n) is 14.8. The van der Waals surface area contributed by atoms with E-state index in [1.54, 1.807) is 12.4 Å². The van der Waals surface area contributed by atoms with Gasteiger partial charge in [-0.25, -0.2) is 15.0 Å². The first-order valence-electron chi connectivity index (χ1n) is 9.72. The maximum atomic E-state index is 12.7. The molecule has 2 atom stereocenters. The van der Waals surface area contributed by atoms with Crippen molar-refractivity contribution in [1.82, 2.24) is 30.0 Å². The summed E-state index contributed by atoms with van der Waals surface area (Å²) in [5, 5.41) is 7.61. The van der Waals surface area contributed by atoms with Crippen molar-refractivity contribution in [2.24, 2.45) is 11.8 Å². The third-order valence-electron chi connectivity index (χ3n) is 6.00. The first-order valence-corrected chi connectivity index (χ1v) is 9.72. The van der Waals surface area contributed by atoms with Gasteiger partial charge in [-0.1, -0.05) is 0 Å². The molecule has 0 spiro atoms. The Morgan fingerprint density at radius 1 is 1.15 bits per heavy atom. The number of nitrogens with one attached hydrogen (secondary N) is 1. The molecule has 3 heterocycles. The Morgan fingerprint density at radius 2 is 1.96 bits per heavy atom. The largest absolute Gasteiger partial charge is 0.342 e. The van der Waals surface area contributed by atoms with Crippen LogP contribution in [0.4, 0.5) is 0 Å². The molecule has 2 saturated carbocycles. The van der Waals surface area contributed by atoms with E-state index in [1.807, 2.05) is 4.90 Å². The van der Waals surface area contributed by atoms with Gasteiger partial charge in [-0.15, -0.1) is 0 Å². The quantitative estimate of drug-likeness (QED) is 0.860. The predicted molar refractivity (Wildman–Crippen MR) is 94.2 cm³/mol. The van der Waals surface area contributed by atoms with Crippen LogP contribution in [0.15, 0.2) is 18.7 Å². The van der Waals surface area contributed by atoms with Gasteiger partial charge in [-0.2, -0.15) is 5.10 Å². The van der Waals surface area contributed by atoms with Crippen molar-refractivity contribution in [3.05, 3.63) is 35.9 Å². The highest BCUT2D eigenvalue weighted by Gasteiger charge is 2.45. The molecule has 5 rings (SSSR count). The third kappa shape index (κ3) is 3.22.